The van der Waals surface area contributed by atoms with E-state index in [2.05, 4.69) is 4.90 Å². The van der Waals surface area contributed by atoms with Gasteiger partial charge in [0.1, 0.15) is 0 Å². The van der Waals surface area contributed by atoms with E-state index in [4.69, 9.17) is 24.5 Å². The highest BCUT2D eigenvalue weighted by Gasteiger charge is 2.09. The topological polar surface area (TPSA) is 131 Å². The van der Waals surface area contributed by atoms with Gasteiger partial charge >= 0.3 is 17.6 Å². The van der Waals surface area contributed by atoms with Gasteiger partial charge in [-0.2, -0.15) is 0 Å². The second kappa shape index (κ2) is 11.3. The number of hydrogen-bond donors (Lipinski definition) is 2. The van der Waals surface area contributed by atoms with Crippen molar-refractivity contribution in [3.05, 3.63) is 32.6 Å². The minimum Gasteiger partial charge on any atom is -0.473 e. The van der Waals surface area contributed by atoms with Gasteiger partial charge < -0.3 is 14.9 Å². The van der Waals surface area contributed by atoms with Gasteiger partial charge in [0, 0.05) is 38.4 Å². The lowest BCUT2D eigenvalue weighted by molar-refractivity contribution is -0.159. The smallest absolute Gasteiger partial charge is 0.414 e. The molecule has 152 valence electrons. The van der Waals surface area contributed by atoms with Crippen LogP contribution >= 0.6 is 0 Å². The number of unbranched alkanes of at least 4 members (excludes halogenated alkanes) is 2. The lowest BCUT2D eigenvalue weighted by Crippen LogP contribution is -2.38. The molecule has 2 heterocycles. The first kappa shape index (κ1) is 22.6. The Hall–Kier alpha value is -2.46. The number of rotatable bonds is 6. The van der Waals surface area contributed by atoms with Crippen molar-refractivity contribution in [2.45, 2.75) is 32.7 Å². The maximum Gasteiger partial charge on any atom is 0.414 e. The molecule has 1 saturated heterocycles. The molecule has 2 N–H and O–H groups in total. The Labute approximate surface area is 156 Å². The zero-order valence-corrected chi connectivity index (χ0v) is 15.7. The second-order valence-electron chi connectivity index (χ2n) is 6.24. The molecule has 0 unspecified atom stereocenters. The second-order valence-corrected chi connectivity index (χ2v) is 6.24. The summed E-state index contributed by atoms with van der Waals surface area (Å²) in [7, 11) is 1.53. The minimum absolute atomic E-state index is 0.215. The van der Waals surface area contributed by atoms with E-state index < -0.39 is 11.9 Å². The molecular weight excluding hydrogens is 358 g/mol. The van der Waals surface area contributed by atoms with Crippen LogP contribution in [0, 0.1) is 6.92 Å². The minimum atomic E-state index is -1.82. The van der Waals surface area contributed by atoms with Crippen molar-refractivity contribution in [3.63, 3.8) is 0 Å². The first-order valence-electron chi connectivity index (χ1n) is 8.77. The van der Waals surface area contributed by atoms with Crippen LogP contribution in [0.3, 0.4) is 0 Å². The van der Waals surface area contributed by atoms with Gasteiger partial charge in [-0.1, -0.05) is 6.42 Å². The SMILES string of the molecule is Cc1cc(=O)n(C)c(=O)n1CCCCCN1CCOCC1.O=C(O)C(=O)O. The highest BCUT2D eigenvalue weighted by atomic mass is 16.5. The summed E-state index contributed by atoms with van der Waals surface area (Å²) >= 11 is 0. The molecule has 0 spiro atoms. The number of aromatic nitrogens is 2. The summed E-state index contributed by atoms with van der Waals surface area (Å²) < 4.78 is 8.18. The van der Waals surface area contributed by atoms with Crippen LogP contribution in [0.4, 0.5) is 0 Å². The molecule has 27 heavy (non-hydrogen) atoms. The van der Waals surface area contributed by atoms with Crippen molar-refractivity contribution in [2.24, 2.45) is 7.05 Å². The van der Waals surface area contributed by atoms with Crippen molar-refractivity contribution in [1.82, 2.24) is 14.0 Å². The lowest BCUT2D eigenvalue weighted by atomic mass is 10.2. The zero-order chi connectivity index (χ0) is 20.4. The maximum absolute atomic E-state index is 12.0. The number of carboxylic acids is 2. The van der Waals surface area contributed by atoms with Gasteiger partial charge in [0.05, 0.1) is 13.2 Å². The zero-order valence-electron chi connectivity index (χ0n) is 15.7. The van der Waals surface area contributed by atoms with E-state index in [0.29, 0.717) is 6.54 Å². The van der Waals surface area contributed by atoms with Gasteiger partial charge in [-0.15, -0.1) is 0 Å². The average molecular weight is 385 g/mol. The third kappa shape index (κ3) is 7.75. The third-order valence-electron chi connectivity index (χ3n) is 4.25. The van der Waals surface area contributed by atoms with E-state index in [1.165, 1.54) is 17.7 Å². The highest BCUT2D eigenvalue weighted by molar-refractivity contribution is 6.27. The molecule has 1 fully saturated rings. The largest absolute Gasteiger partial charge is 0.473 e. The summed E-state index contributed by atoms with van der Waals surface area (Å²) in [4.78, 5) is 44.1. The van der Waals surface area contributed by atoms with Gasteiger partial charge in [0.2, 0.25) is 0 Å². The van der Waals surface area contributed by atoms with Crippen LogP contribution in [0.25, 0.3) is 0 Å². The number of hydrogen-bond acceptors (Lipinski definition) is 6. The van der Waals surface area contributed by atoms with Crippen LogP contribution in [-0.2, 0) is 27.9 Å². The van der Waals surface area contributed by atoms with Crippen molar-refractivity contribution in [2.75, 3.05) is 32.8 Å². The maximum atomic E-state index is 12.0. The van der Waals surface area contributed by atoms with Gasteiger partial charge in [0.25, 0.3) is 5.56 Å². The van der Waals surface area contributed by atoms with Crippen LogP contribution in [0.1, 0.15) is 25.0 Å². The summed E-state index contributed by atoms with van der Waals surface area (Å²) in [5, 5.41) is 14.8. The summed E-state index contributed by atoms with van der Waals surface area (Å²) in [5.41, 5.74) is 0.297. The Balaban J connectivity index is 0.000000527. The van der Waals surface area contributed by atoms with Crippen molar-refractivity contribution < 1.29 is 24.5 Å². The predicted molar refractivity (Wildman–Crippen MR) is 97.1 cm³/mol. The first-order valence-corrected chi connectivity index (χ1v) is 8.77. The molecule has 1 aromatic heterocycles. The predicted octanol–water partition coefficient (Wildman–Crippen LogP) is -0.486. The Morgan fingerprint density at radius 3 is 2.15 bits per heavy atom. The van der Waals surface area contributed by atoms with E-state index in [1.54, 1.807) is 4.57 Å². The number of morpholine rings is 1. The van der Waals surface area contributed by atoms with Crippen molar-refractivity contribution in [3.8, 4) is 0 Å². The molecule has 0 radical (unpaired) electrons. The lowest BCUT2D eigenvalue weighted by Gasteiger charge is -2.26. The van der Waals surface area contributed by atoms with Gasteiger partial charge in [-0.05, 0) is 26.3 Å². The molecule has 0 atom stereocenters. The molecule has 10 nitrogen and oxygen atoms in total. The standard InChI is InChI=1S/C15H25N3O3.C2H2O4/c1-13-12-14(19)16(2)15(20)18(13)7-5-3-4-6-17-8-10-21-11-9-17;3-1(4)2(5)6/h12H,3-11H2,1-2H3;(H,3,4)(H,5,6). The number of aryl methyl sites for hydroxylation is 1. The number of carboxylic acid groups (broad SMARTS) is 2. The average Bonchev–Trinajstić information content (AvgIpc) is 2.63. The molecule has 0 bridgehead atoms. The number of carbonyl (C=O) groups is 2. The van der Waals surface area contributed by atoms with Gasteiger partial charge in [-0.3, -0.25) is 18.8 Å². The van der Waals surface area contributed by atoms with Crippen LogP contribution in [0.15, 0.2) is 15.7 Å². The first-order chi connectivity index (χ1) is 12.7. The normalized spacial score (nSPS) is 14.3. The molecule has 1 aliphatic heterocycles. The van der Waals surface area contributed by atoms with Crippen molar-refractivity contribution in [1.29, 1.82) is 0 Å². The van der Waals surface area contributed by atoms with E-state index in [0.717, 1.165) is 57.8 Å². The van der Waals surface area contributed by atoms with E-state index >= 15 is 0 Å². The fourth-order valence-corrected chi connectivity index (χ4v) is 2.66. The molecule has 0 aromatic carbocycles. The molecular formula is C17H27N3O7. The Morgan fingerprint density at radius 2 is 1.59 bits per heavy atom. The molecule has 1 aliphatic rings. The third-order valence-corrected chi connectivity index (χ3v) is 4.25. The summed E-state index contributed by atoms with van der Waals surface area (Å²) in [5.74, 6) is -3.65. The van der Waals surface area contributed by atoms with Crippen LogP contribution in [-0.4, -0.2) is 69.0 Å². The van der Waals surface area contributed by atoms with Crippen LogP contribution < -0.4 is 11.2 Å². The monoisotopic (exact) mass is 385 g/mol. The molecule has 0 saturated carbocycles. The van der Waals surface area contributed by atoms with Gasteiger partial charge in [-0.25, -0.2) is 14.4 Å². The number of nitrogens with zero attached hydrogens (tertiary/aromatic N) is 3. The van der Waals surface area contributed by atoms with Crippen LogP contribution in [0.5, 0.6) is 0 Å². The van der Waals surface area contributed by atoms with E-state index in [1.807, 2.05) is 6.92 Å². The Morgan fingerprint density at radius 1 is 1.04 bits per heavy atom. The van der Waals surface area contributed by atoms with E-state index in [-0.39, 0.29) is 11.2 Å². The van der Waals surface area contributed by atoms with Crippen LogP contribution in [0.2, 0.25) is 0 Å². The Bertz CT molecular complexity index is 736. The van der Waals surface area contributed by atoms with E-state index in [9.17, 15) is 9.59 Å². The molecule has 0 amide bonds. The fraction of sp³-hybridized carbons (Fsp3) is 0.647. The summed E-state index contributed by atoms with van der Waals surface area (Å²) in [6.45, 7) is 7.33. The molecule has 10 heteroatoms. The molecule has 1 aromatic rings. The van der Waals surface area contributed by atoms with Gasteiger partial charge in [0.15, 0.2) is 0 Å². The number of ether oxygens (including phenoxy) is 1. The Kier molecular flexibility index (Phi) is 9.45. The highest BCUT2D eigenvalue weighted by Crippen LogP contribution is 2.03. The molecule has 2 rings (SSSR count). The number of aliphatic carboxylic acids is 2. The summed E-state index contributed by atoms with van der Waals surface area (Å²) in [6.07, 6.45) is 3.19. The summed E-state index contributed by atoms with van der Waals surface area (Å²) in [6, 6.07) is 1.52. The quantitative estimate of drug-likeness (QED) is 0.496. The fourth-order valence-electron chi connectivity index (χ4n) is 2.66. The van der Waals surface area contributed by atoms with Crippen molar-refractivity contribution >= 4 is 11.9 Å². The molecule has 0 aliphatic carbocycles.